The van der Waals surface area contributed by atoms with Crippen LogP contribution in [0.2, 0.25) is 0 Å². The number of ketones is 1. The fourth-order valence-corrected chi connectivity index (χ4v) is 2.48. The summed E-state index contributed by atoms with van der Waals surface area (Å²) >= 11 is 1.10. The zero-order valence-corrected chi connectivity index (χ0v) is 12.3. The Labute approximate surface area is 128 Å². The van der Waals surface area contributed by atoms with Gasteiger partial charge in [0.15, 0.2) is 10.9 Å². The molecule has 1 aromatic carbocycles. The predicted molar refractivity (Wildman–Crippen MR) is 77.7 cm³/mol. The Morgan fingerprint density at radius 3 is 2.64 bits per heavy atom. The van der Waals surface area contributed by atoms with Gasteiger partial charge < -0.3 is 9.72 Å². The number of benzene rings is 1. The maximum atomic E-state index is 12.0. The summed E-state index contributed by atoms with van der Waals surface area (Å²) in [6.45, 7) is -1.22. The zero-order chi connectivity index (χ0) is 16.1. The molecule has 0 aliphatic heterocycles. The minimum atomic E-state index is -2.90. The molecule has 2 aromatic rings. The Morgan fingerprint density at radius 1 is 1.36 bits per heavy atom. The van der Waals surface area contributed by atoms with Gasteiger partial charge in [0.1, 0.15) is 5.75 Å². The van der Waals surface area contributed by atoms with E-state index in [0.717, 1.165) is 11.8 Å². The highest BCUT2D eigenvalue weighted by Gasteiger charge is 2.10. The van der Waals surface area contributed by atoms with Gasteiger partial charge in [-0.15, -0.1) is 0 Å². The molecule has 116 valence electrons. The number of alkyl halides is 2. The molecule has 8 heteroatoms. The van der Waals surface area contributed by atoms with Gasteiger partial charge in [0.05, 0.1) is 5.75 Å². The third-order valence-electron chi connectivity index (χ3n) is 2.59. The number of aryl methyl sites for hydroxylation is 1. The highest BCUT2D eigenvalue weighted by Crippen LogP contribution is 2.18. The summed E-state index contributed by atoms with van der Waals surface area (Å²) in [5, 5.41) is 0.357. The molecule has 0 saturated carbocycles. The van der Waals surface area contributed by atoms with Crippen LogP contribution in [0, 0.1) is 6.92 Å². The number of thioether (sulfide) groups is 1. The summed E-state index contributed by atoms with van der Waals surface area (Å²) < 4.78 is 28.3. The molecule has 0 unspecified atom stereocenters. The number of Topliss-reactive ketones (excluding diaryl/α,β-unsaturated/α-hetero) is 1. The number of hydrogen-bond acceptors (Lipinski definition) is 5. The van der Waals surface area contributed by atoms with Crippen molar-refractivity contribution >= 4 is 17.5 Å². The highest BCUT2D eigenvalue weighted by molar-refractivity contribution is 7.99. The summed E-state index contributed by atoms with van der Waals surface area (Å²) in [7, 11) is 0. The molecule has 0 aliphatic carbocycles. The standard InChI is InChI=1S/C14H12F2N2O3S/c1-8-6-12(20)18-14(17-8)22-7-11(19)9-2-4-10(5-3-9)21-13(15)16/h2-6,13H,7H2,1H3,(H,17,18,20). The number of aromatic nitrogens is 2. The van der Waals surface area contributed by atoms with Crippen LogP contribution in [0.15, 0.2) is 40.3 Å². The smallest absolute Gasteiger partial charge is 0.387 e. The summed E-state index contributed by atoms with van der Waals surface area (Å²) in [5.74, 6) is -0.150. The van der Waals surface area contributed by atoms with Crippen molar-refractivity contribution in [3.8, 4) is 5.75 Å². The van der Waals surface area contributed by atoms with Crippen LogP contribution >= 0.6 is 11.8 Å². The SMILES string of the molecule is Cc1cc(=O)[nH]c(SCC(=O)c2ccc(OC(F)F)cc2)n1. The van der Waals surface area contributed by atoms with Gasteiger partial charge in [-0.3, -0.25) is 9.59 Å². The number of nitrogens with one attached hydrogen (secondary N) is 1. The molecule has 1 aromatic heterocycles. The molecule has 0 atom stereocenters. The van der Waals surface area contributed by atoms with E-state index in [4.69, 9.17) is 0 Å². The molecule has 22 heavy (non-hydrogen) atoms. The van der Waals surface area contributed by atoms with Crippen molar-refractivity contribution in [1.29, 1.82) is 0 Å². The van der Waals surface area contributed by atoms with E-state index in [0.29, 0.717) is 16.4 Å². The average molecular weight is 326 g/mol. The number of aromatic amines is 1. The Bertz CT molecular complexity index is 717. The normalized spacial score (nSPS) is 10.7. The van der Waals surface area contributed by atoms with Crippen molar-refractivity contribution in [2.45, 2.75) is 18.7 Å². The van der Waals surface area contributed by atoms with Crippen molar-refractivity contribution in [3.05, 3.63) is 51.9 Å². The third kappa shape index (κ3) is 4.66. The Balaban J connectivity index is 1.98. The summed E-state index contributed by atoms with van der Waals surface area (Å²) in [4.78, 5) is 29.9. The number of nitrogens with zero attached hydrogens (tertiary/aromatic N) is 1. The topological polar surface area (TPSA) is 72.0 Å². The molecule has 5 nitrogen and oxygen atoms in total. The van der Waals surface area contributed by atoms with Crippen LogP contribution in [0.3, 0.4) is 0 Å². The first-order chi connectivity index (χ1) is 10.4. The second-order valence-electron chi connectivity index (χ2n) is 4.31. The minimum Gasteiger partial charge on any atom is -0.435 e. The lowest BCUT2D eigenvalue weighted by atomic mass is 10.1. The van der Waals surface area contributed by atoms with E-state index in [1.54, 1.807) is 6.92 Å². The largest absolute Gasteiger partial charge is 0.435 e. The molecule has 1 heterocycles. The number of ether oxygens (including phenoxy) is 1. The molecule has 0 radical (unpaired) electrons. The van der Waals surface area contributed by atoms with Gasteiger partial charge in [0.2, 0.25) is 0 Å². The van der Waals surface area contributed by atoms with Crippen LogP contribution in [0.5, 0.6) is 5.75 Å². The van der Waals surface area contributed by atoms with E-state index in [1.165, 1.54) is 30.3 Å². The molecule has 0 amide bonds. The number of halogens is 2. The van der Waals surface area contributed by atoms with Gasteiger partial charge in [0, 0.05) is 17.3 Å². The Kier molecular flexibility index (Phi) is 5.26. The van der Waals surface area contributed by atoms with Gasteiger partial charge in [-0.2, -0.15) is 8.78 Å². The first-order valence-corrected chi connectivity index (χ1v) is 7.21. The van der Waals surface area contributed by atoms with Gasteiger partial charge in [0.25, 0.3) is 5.56 Å². The van der Waals surface area contributed by atoms with Crippen LogP contribution in [-0.4, -0.2) is 28.1 Å². The third-order valence-corrected chi connectivity index (χ3v) is 3.46. The van der Waals surface area contributed by atoms with Gasteiger partial charge >= 0.3 is 6.61 Å². The van der Waals surface area contributed by atoms with Gasteiger partial charge in [-0.25, -0.2) is 4.98 Å². The second-order valence-corrected chi connectivity index (χ2v) is 5.27. The van der Waals surface area contributed by atoms with Crippen molar-refractivity contribution in [2.75, 3.05) is 5.75 Å². The average Bonchev–Trinajstić information content (AvgIpc) is 2.44. The number of H-pyrrole nitrogens is 1. The number of hydrogen-bond donors (Lipinski definition) is 1. The first-order valence-electron chi connectivity index (χ1n) is 6.23. The first kappa shape index (κ1) is 16.2. The van der Waals surface area contributed by atoms with E-state index in [9.17, 15) is 18.4 Å². The predicted octanol–water partition coefficient (Wildman–Crippen LogP) is 2.65. The molecule has 0 spiro atoms. The van der Waals surface area contributed by atoms with Crippen molar-refractivity contribution in [3.63, 3.8) is 0 Å². The molecule has 0 aliphatic rings. The maximum Gasteiger partial charge on any atom is 0.387 e. The van der Waals surface area contributed by atoms with Gasteiger partial charge in [-0.1, -0.05) is 11.8 Å². The summed E-state index contributed by atoms with van der Waals surface area (Å²) in [5.41, 5.74) is 0.646. The number of rotatable bonds is 6. The molecular weight excluding hydrogens is 314 g/mol. The molecule has 1 N–H and O–H groups in total. The zero-order valence-electron chi connectivity index (χ0n) is 11.5. The lowest BCUT2D eigenvalue weighted by Crippen LogP contribution is -2.10. The van der Waals surface area contributed by atoms with E-state index >= 15 is 0 Å². The molecule has 0 bridgehead atoms. The fourth-order valence-electron chi connectivity index (χ4n) is 1.66. The lowest BCUT2D eigenvalue weighted by molar-refractivity contribution is -0.0498. The van der Waals surface area contributed by atoms with Crippen LogP contribution in [-0.2, 0) is 0 Å². The molecule has 0 saturated heterocycles. The maximum absolute atomic E-state index is 12.0. The highest BCUT2D eigenvalue weighted by atomic mass is 32.2. The Morgan fingerprint density at radius 2 is 2.05 bits per heavy atom. The fraction of sp³-hybridized carbons (Fsp3) is 0.214. The van der Waals surface area contributed by atoms with E-state index in [1.807, 2.05) is 0 Å². The lowest BCUT2D eigenvalue weighted by Gasteiger charge is -2.05. The number of carbonyl (C=O) groups is 1. The van der Waals surface area contributed by atoms with Crippen molar-refractivity contribution in [2.24, 2.45) is 0 Å². The molecule has 2 rings (SSSR count). The minimum absolute atomic E-state index is 0.0103. The van der Waals surface area contributed by atoms with E-state index in [2.05, 4.69) is 14.7 Å². The van der Waals surface area contributed by atoms with E-state index in [-0.39, 0.29) is 22.8 Å². The van der Waals surface area contributed by atoms with Crippen LogP contribution < -0.4 is 10.3 Å². The summed E-state index contributed by atoms with van der Waals surface area (Å²) in [6.07, 6.45) is 0. The summed E-state index contributed by atoms with van der Waals surface area (Å²) in [6, 6.07) is 6.78. The monoisotopic (exact) mass is 326 g/mol. The molecular formula is C14H12F2N2O3S. The van der Waals surface area contributed by atoms with Gasteiger partial charge in [-0.05, 0) is 31.2 Å². The second kappa shape index (κ2) is 7.17. The van der Waals surface area contributed by atoms with E-state index < -0.39 is 6.61 Å². The van der Waals surface area contributed by atoms with Crippen LogP contribution in [0.25, 0.3) is 0 Å². The van der Waals surface area contributed by atoms with Crippen molar-refractivity contribution in [1.82, 2.24) is 9.97 Å². The molecule has 0 fully saturated rings. The Hall–Kier alpha value is -2.22. The van der Waals surface area contributed by atoms with Crippen LogP contribution in [0.4, 0.5) is 8.78 Å². The quantitative estimate of drug-likeness (QED) is 0.502. The number of carbonyl (C=O) groups excluding carboxylic acids is 1. The van der Waals surface area contributed by atoms with Crippen molar-refractivity contribution < 1.29 is 18.3 Å². The van der Waals surface area contributed by atoms with Crippen LogP contribution in [0.1, 0.15) is 16.1 Å².